The molecule has 0 amide bonds. The minimum atomic E-state index is 0.706. The maximum atomic E-state index is 4.38. The summed E-state index contributed by atoms with van der Waals surface area (Å²) in [5.41, 5.74) is 5.59. The Labute approximate surface area is 110 Å². The van der Waals surface area contributed by atoms with E-state index in [1.165, 1.54) is 47.9 Å². The van der Waals surface area contributed by atoms with E-state index < -0.39 is 0 Å². The maximum Gasteiger partial charge on any atom is -0.00882 e. The molecule has 0 bridgehead atoms. The second kappa shape index (κ2) is 4.76. The van der Waals surface area contributed by atoms with Crippen LogP contribution in [0.4, 0.5) is 0 Å². The predicted molar refractivity (Wildman–Crippen MR) is 79.3 cm³/mol. The van der Waals surface area contributed by atoms with Crippen LogP contribution in [0.5, 0.6) is 0 Å². The van der Waals surface area contributed by atoms with Crippen molar-refractivity contribution in [1.82, 2.24) is 0 Å². The normalized spacial score (nSPS) is 26.1. The smallest absolute Gasteiger partial charge is 0.00882 e. The van der Waals surface area contributed by atoms with Crippen molar-refractivity contribution in [2.45, 2.75) is 39.0 Å². The van der Waals surface area contributed by atoms with E-state index in [0.29, 0.717) is 5.92 Å². The standard InChI is InChI=1S/C18H22/c1-13-5-3-7-16(11-13)14(2)17-10-9-15-6-4-8-18(15)12-17/h4,8-10,12-13,16H,2-3,5-7,11H2,1H3. The first kappa shape index (κ1) is 11.8. The van der Waals surface area contributed by atoms with Crippen LogP contribution in [0, 0.1) is 11.8 Å². The van der Waals surface area contributed by atoms with Crippen LogP contribution in [0.25, 0.3) is 11.6 Å². The number of allylic oxidation sites excluding steroid dienone is 2. The molecule has 0 heteroatoms. The highest BCUT2D eigenvalue weighted by Gasteiger charge is 2.22. The zero-order chi connectivity index (χ0) is 12.5. The van der Waals surface area contributed by atoms with Crippen LogP contribution in [0.2, 0.25) is 0 Å². The minimum absolute atomic E-state index is 0.706. The maximum absolute atomic E-state index is 4.38. The van der Waals surface area contributed by atoms with Crippen LogP contribution in [-0.4, -0.2) is 0 Å². The van der Waals surface area contributed by atoms with Crippen LogP contribution in [0.1, 0.15) is 49.3 Å². The van der Waals surface area contributed by atoms with Gasteiger partial charge in [0.15, 0.2) is 0 Å². The lowest BCUT2D eigenvalue weighted by atomic mass is 9.77. The fraction of sp³-hybridized carbons (Fsp3) is 0.444. The lowest BCUT2D eigenvalue weighted by Gasteiger charge is -2.28. The van der Waals surface area contributed by atoms with Gasteiger partial charge in [-0.25, -0.2) is 0 Å². The van der Waals surface area contributed by atoms with Gasteiger partial charge in [0.05, 0.1) is 0 Å². The summed E-state index contributed by atoms with van der Waals surface area (Å²) in [4.78, 5) is 0. The number of rotatable bonds is 2. The van der Waals surface area contributed by atoms with Crippen LogP contribution < -0.4 is 0 Å². The summed E-state index contributed by atoms with van der Waals surface area (Å²) in [6.07, 6.45) is 11.0. The molecule has 1 saturated carbocycles. The van der Waals surface area contributed by atoms with Gasteiger partial charge in [-0.15, -0.1) is 0 Å². The SMILES string of the molecule is C=C(c1ccc2c(c1)C=CC2)C1CCCC(C)C1. The van der Waals surface area contributed by atoms with Gasteiger partial charge in [-0.2, -0.15) is 0 Å². The zero-order valence-corrected chi connectivity index (χ0v) is 11.3. The Morgan fingerprint density at radius 1 is 1.28 bits per heavy atom. The lowest BCUT2D eigenvalue weighted by molar-refractivity contribution is 0.333. The second-order valence-corrected chi connectivity index (χ2v) is 6.01. The molecule has 94 valence electrons. The molecule has 0 aliphatic heterocycles. The summed E-state index contributed by atoms with van der Waals surface area (Å²) < 4.78 is 0. The highest BCUT2D eigenvalue weighted by Crippen LogP contribution is 2.37. The average Bonchev–Trinajstić information content (AvgIpc) is 2.85. The molecule has 0 aromatic heterocycles. The van der Waals surface area contributed by atoms with Gasteiger partial charge in [-0.3, -0.25) is 0 Å². The summed E-state index contributed by atoms with van der Waals surface area (Å²) in [6, 6.07) is 6.88. The Bertz CT molecular complexity index is 493. The molecule has 0 heterocycles. The molecule has 2 unspecified atom stereocenters. The second-order valence-electron chi connectivity index (χ2n) is 6.01. The van der Waals surface area contributed by atoms with Gasteiger partial charge in [-0.05, 0) is 59.4 Å². The van der Waals surface area contributed by atoms with Crippen LogP contribution in [0.15, 0.2) is 30.9 Å². The van der Waals surface area contributed by atoms with Crippen molar-refractivity contribution in [2.75, 3.05) is 0 Å². The third-order valence-electron chi connectivity index (χ3n) is 4.58. The Kier molecular flexibility index (Phi) is 3.11. The molecular weight excluding hydrogens is 216 g/mol. The van der Waals surface area contributed by atoms with Crippen molar-refractivity contribution >= 4 is 11.6 Å². The molecule has 0 radical (unpaired) electrons. The fourth-order valence-corrected chi connectivity index (χ4v) is 3.43. The molecular formula is C18H22. The highest BCUT2D eigenvalue weighted by atomic mass is 14.3. The zero-order valence-electron chi connectivity index (χ0n) is 11.3. The molecule has 0 saturated heterocycles. The van der Waals surface area contributed by atoms with Crippen LogP contribution in [-0.2, 0) is 6.42 Å². The van der Waals surface area contributed by atoms with Crippen molar-refractivity contribution in [2.24, 2.45) is 11.8 Å². The molecule has 0 spiro atoms. The first-order valence-corrected chi connectivity index (χ1v) is 7.22. The van der Waals surface area contributed by atoms with Gasteiger partial charge in [0, 0.05) is 0 Å². The van der Waals surface area contributed by atoms with Crippen molar-refractivity contribution in [3.8, 4) is 0 Å². The van der Waals surface area contributed by atoms with Crippen molar-refractivity contribution in [1.29, 1.82) is 0 Å². The summed E-state index contributed by atoms with van der Waals surface area (Å²) in [5, 5.41) is 0. The van der Waals surface area contributed by atoms with E-state index in [4.69, 9.17) is 0 Å². The highest BCUT2D eigenvalue weighted by molar-refractivity contribution is 5.71. The first-order valence-electron chi connectivity index (χ1n) is 7.22. The molecule has 2 aliphatic carbocycles. The van der Waals surface area contributed by atoms with Gasteiger partial charge in [0.1, 0.15) is 0 Å². The third kappa shape index (κ3) is 2.16. The van der Waals surface area contributed by atoms with E-state index in [2.05, 4.69) is 43.9 Å². The first-order chi connectivity index (χ1) is 8.74. The van der Waals surface area contributed by atoms with Gasteiger partial charge < -0.3 is 0 Å². The molecule has 1 fully saturated rings. The van der Waals surface area contributed by atoms with E-state index in [0.717, 1.165) is 12.3 Å². The van der Waals surface area contributed by atoms with Crippen molar-refractivity contribution in [3.63, 3.8) is 0 Å². The molecule has 0 N–H and O–H groups in total. The Hall–Kier alpha value is -1.30. The summed E-state index contributed by atoms with van der Waals surface area (Å²) in [5.74, 6) is 1.58. The topological polar surface area (TPSA) is 0 Å². The van der Waals surface area contributed by atoms with E-state index in [1.54, 1.807) is 0 Å². The molecule has 0 nitrogen and oxygen atoms in total. The van der Waals surface area contributed by atoms with Gasteiger partial charge in [-0.1, -0.05) is 50.6 Å². The summed E-state index contributed by atoms with van der Waals surface area (Å²) in [6.45, 7) is 6.76. The van der Waals surface area contributed by atoms with E-state index >= 15 is 0 Å². The molecule has 3 rings (SSSR count). The Morgan fingerprint density at radius 3 is 3.00 bits per heavy atom. The van der Waals surface area contributed by atoms with E-state index in [-0.39, 0.29) is 0 Å². The summed E-state index contributed by atoms with van der Waals surface area (Å²) >= 11 is 0. The quantitative estimate of drug-likeness (QED) is 0.672. The Balaban J connectivity index is 1.81. The van der Waals surface area contributed by atoms with Crippen LogP contribution >= 0.6 is 0 Å². The number of hydrogen-bond acceptors (Lipinski definition) is 0. The van der Waals surface area contributed by atoms with Crippen molar-refractivity contribution in [3.05, 3.63) is 47.5 Å². The van der Waals surface area contributed by atoms with Crippen molar-refractivity contribution < 1.29 is 0 Å². The average molecular weight is 238 g/mol. The van der Waals surface area contributed by atoms with Gasteiger partial charge in [0.2, 0.25) is 0 Å². The molecule has 1 aromatic rings. The fourth-order valence-electron chi connectivity index (χ4n) is 3.43. The Morgan fingerprint density at radius 2 is 2.17 bits per heavy atom. The minimum Gasteiger partial charge on any atom is -0.0950 e. The molecule has 2 aliphatic rings. The third-order valence-corrected chi connectivity index (χ3v) is 4.58. The van der Waals surface area contributed by atoms with E-state index in [1.807, 2.05) is 0 Å². The van der Waals surface area contributed by atoms with Gasteiger partial charge in [0.25, 0.3) is 0 Å². The summed E-state index contributed by atoms with van der Waals surface area (Å²) in [7, 11) is 0. The van der Waals surface area contributed by atoms with Gasteiger partial charge >= 0.3 is 0 Å². The van der Waals surface area contributed by atoms with E-state index in [9.17, 15) is 0 Å². The lowest BCUT2D eigenvalue weighted by Crippen LogP contribution is -2.14. The largest absolute Gasteiger partial charge is 0.0950 e. The monoisotopic (exact) mass is 238 g/mol. The van der Waals surface area contributed by atoms with Crippen LogP contribution in [0.3, 0.4) is 0 Å². The number of hydrogen-bond donors (Lipinski definition) is 0. The number of fused-ring (bicyclic) bond motifs is 1. The number of benzene rings is 1. The predicted octanol–water partition coefficient (Wildman–Crippen LogP) is 5.10. The molecule has 18 heavy (non-hydrogen) atoms. The molecule has 1 aromatic carbocycles. The molecule has 2 atom stereocenters.